The molecule has 5 rings (SSSR count). The van der Waals surface area contributed by atoms with Gasteiger partial charge in [0, 0.05) is 11.3 Å². The second-order valence-electron chi connectivity index (χ2n) is 8.39. The highest BCUT2D eigenvalue weighted by atomic mass is 16.5. The van der Waals surface area contributed by atoms with Gasteiger partial charge in [0.15, 0.2) is 5.82 Å². The Kier molecular flexibility index (Phi) is 5.70. The molecule has 0 aliphatic carbocycles. The predicted molar refractivity (Wildman–Crippen MR) is 134 cm³/mol. The number of carbonyl (C=O) groups is 1. The second-order valence-corrected chi connectivity index (χ2v) is 8.39. The molecular weight excluding hydrogens is 442 g/mol. The lowest BCUT2D eigenvalue weighted by molar-refractivity contribution is -0.113. The molecule has 0 saturated carbocycles. The van der Waals surface area contributed by atoms with Crippen LogP contribution >= 0.6 is 0 Å². The molecular formula is C27H25N5O3. The van der Waals surface area contributed by atoms with E-state index >= 15 is 0 Å². The minimum atomic E-state index is -0.611. The molecule has 8 heteroatoms. The topological polar surface area (TPSA) is 101 Å². The number of phenols is 1. The number of nitrogens with zero attached hydrogens (tertiary/aromatic N) is 3. The number of aryl methyl sites for hydroxylation is 1. The first-order valence-electron chi connectivity index (χ1n) is 11.2. The summed E-state index contributed by atoms with van der Waals surface area (Å²) >= 11 is 0. The van der Waals surface area contributed by atoms with Gasteiger partial charge in [-0.1, -0.05) is 54.1 Å². The van der Waals surface area contributed by atoms with Crippen molar-refractivity contribution in [1.82, 2.24) is 14.8 Å². The molecule has 0 saturated heterocycles. The number of methoxy groups -OCH3 is 1. The molecule has 2 heterocycles. The summed E-state index contributed by atoms with van der Waals surface area (Å²) in [7, 11) is 1.56. The van der Waals surface area contributed by atoms with E-state index < -0.39 is 6.04 Å². The zero-order valence-corrected chi connectivity index (χ0v) is 19.6. The number of hydrogen-bond donors (Lipinski definition) is 3. The average molecular weight is 468 g/mol. The Hall–Kier alpha value is -4.59. The number of phenolic OH excluding ortho intramolecular Hbond substituents is 1. The number of anilines is 2. The van der Waals surface area contributed by atoms with Crippen LogP contribution in [0, 0.1) is 6.92 Å². The maximum absolute atomic E-state index is 13.7. The first-order valence-corrected chi connectivity index (χ1v) is 11.2. The maximum atomic E-state index is 13.7. The van der Waals surface area contributed by atoms with E-state index in [4.69, 9.17) is 14.8 Å². The van der Waals surface area contributed by atoms with Crippen molar-refractivity contribution in [2.24, 2.45) is 0 Å². The number of rotatable bonds is 5. The summed E-state index contributed by atoms with van der Waals surface area (Å²) < 4.78 is 7.09. The standard InChI is InChI=1S/C27H25N5O3/c1-16-11-13-18(14-12-16)25-30-27-28-17(2)23(26(34)29-21-9-4-5-10-22(21)35-3)24(32(27)31-25)19-7-6-8-20(33)15-19/h4-15,24,33H,1-3H3,(H,29,34)(H,28,30,31)/t24-/m0/s1. The lowest BCUT2D eigenvalue weighted by Crippen LogP contribution is -2.31. The number of carbonyl (C=O) groups excluding carboxylic acids is 1. The smallest absolute Gasteiger partial charge is 0.255 e. The SMILES string of the molecule is COc1ccccc1NC(=O)C1=C(C)Nc2nc(-c3ccc(C)cc3)nn2[C@H]1c1cccc(O)c1. The maximum Gasteiger partial charge on any atom is 0.255 e. The van der Waals surface area contributed by atoms with Gasteiger partial charge in [-0.05, 0) is 43.7 Å². The molecule has 176 valence electrons. The largest absolute Gasteiger partial charge is 0.508 e. The Balaban J connectivity index is 1.60. The van der Waals surface area contributed by atoms with Crippen molar-refractivity contribution in [3.05, 3.63) is 95.2 Å². The van der Waals surface area contributed by atoms with Gasteiger partial charge in [0.05, 0.1) is 18.4 Å². The minimum absolute atomic E-state index is 0.101. The van der Waals surface area contributed by atoms with Crippen LogP contribution in [0.25, 0.3) is 11.4 Å². The van der Waals surface area contributed by atoms with Gasteiger partial charge in [-0.2, -0.15) is 4.98 Å². The molecule has 1 aliphatic rings. The summed E-state index contributed by atoms with van der Waals surface area (Å²) in [6.45, 7) is 3.85. The number of aromatic hydroxyl groups is 1. The molecule has 3 aromatic carbocycles. The summed E-state index contributed by atoms with van der Waals surface area (Å²) in [6, 6.07) is 21.4. The predicted octanol–water partition coefficient (Wildman–Crippen LogP) is 4.90. The number of ether oxygens (including phenoxy) is 1. The number of benzene rings is 3. The van der Waals surface area contributed by atoms with Crippen molar-refractivity contribution in [1.29, 1.82) is 0 Å². The molecule has 8 nitrogen and oxygen atoms in total. The highest BCUT2D eigenvalue weighted by Gasteiger charge is 2.35. The molecule has 1 atom stereocenters. The molecule has 3 N–H and O–H groups in total. The fraction of sp³-hybridized carbons (Fsp3) is 0.148. The van der Waals surface area contributed by atoms with Crippen molar-refractivity contribution in [3.8, 4) is 22.9 Å². The van der Waals surface area contributed by atoms with E-state index in [1.54, 1.807) is 42.1 Å². The molecule has 0 unspecified atom stereocenters. The van der Waals surface area contributed by atoms with Crippen molar-refractivity contribution in [3.63, 3.8) is 0 Å². The van der Waals surface area contributed by atoms with Crippen molar-refractivity contribution in [2.75, 3.05) is 17.7 Å². The number of nitrogens with one attached hydrogen (secondary N) is 2. The van der Waals surface area contributed by atoms with E-state index in [9.17, 15) is 9.90 Å². The Morgan fingerprint density at radius 2 is 1.83 bits per heavy atom. The van der Waals surface area contributed by atoms with Gasteiger partial charge in [0.25, 0.3) is 5.91 Å². The van der Waals surface area contributed by atoms with Gasteiger partial charge in [-0.25, -0.2) is 4.68 Å². The third kappa shape index (κ3) is 4.21. The quantitative estimate of drug-likeness (QED) is 0.386. The molecule has 35 heavy (non-hydrogen) atoms. The van der Waals surface area contributed by atoms with E-state index in [0.717, 1.165) is 11.1 Å². The number of allylic oxidation sites excluding steroid dienone is 1. The third-order valence-electron chi connectivity index (χ3n) is 5.95. The van der Waals surface area contributed by atoms with E-state index in [0.29, 0.717) is 40.0 Å². The first kappa shape index (κ1) is 22.2. The van der Waals surface area contributed by atoms with Crippen molar-refractivity contribution >= 4 is 17.5 Å². The van der Waals surface area contributed by atoms with E-state index in [1.807, 2.05) is 56.3 Å². The van der Waals surface area contributed by atoms with E-state index in [2.05, 4.69) is 10.6 Å². The molecule has 0 bridgehead atoms. The van der Waals surface area contributed by atoms with Gasteiger partial charge in [0.1, 0.15) is 17.5 Å². The molecule has 1 amide bonds. The fourth-order valence-corrected chi connectivity index (χ4v) is 4.21. The van der Waals surface area contributed by atoms with Crippen molar-refractivity contribution < 1.29 is 14.6 Å². The summed E-state index contributed by atoms with van der Waals surface area (Å²) in [6.07, 6.45) is 0. The summed E-state index contributed by atoms with van der Waals surface area (Å²) in [5, 5.41) is 21.2. The summed E-state index contributed by atoms with van der Waals surface area (Å²) in [5.74, 6) is 1.39. The molecule has 0 radical (unpaired) electrons. The van der Waals surface area contributed by atoms with E-state index in [-0.39, 0.29) is 11.7 Å². The first-order chi connectivity index (χ1) is 16.9. The average Bonchev–Trinajstić information content (AvgIpc) is 3.27. The van der Waals surface area contributed by atoms with Crippen LogP contribution < -0.4 is 15.4 Å². The van der Waals surface area contributed by atoms with Crippen LogP contribution in [0.2, 0.25) is 0 Å². The summed E-state index contributed by atoms with van der Waals surface area (Å²) in [4.78, 5) is 18.3. The highest BCUT2D eigenvalue weighted by molar-refractivity contribution is 6.06. The second kappa shape index (κ2) is 8.98. The zero-order valence-electron chi connectivity index (χ0n) is 19.6. The van der Waals surface area contributed by atoms with Crippen LogP contribution in [0.3, 0.4) is 0 Å². The Morgan fingerprint density at radius 1 is 1.06 bits per heavy atom. The van der Waals surface area contributed by atoms with Crippen LogP contribution in [-0.2, 0) is 4.79 Å². The molecule has 0 spiro atoms. The number of fused-ring (bicyclic) bond motifs is 1. The molecule has 1 aliphatic heterocycles. The number of para-hydroxylation sites is 2. The normalized spacial score (nSPS) is 14.8. The lowest BCUT2D eigenvalue weighted by Gasteiger charge is -2.29. The van der Waals surface area contributed by atoms with Gasteiger partial charge in [-0.15, -0.1) is 5.10 Å². The lowest BCUT2D eigenvalue weighted by atomic mass is 9.95. The molecule has 0 fully saturated rings. The minimum Gasteiger partial charge on any atom is -0.508 e. The van der Waals surface area contributed by atoms with Crippen LogP contribution in [-0.4, -0.2) is 32.9 Å². The Bertz CT molecular complexity index is 1440. The number of amides is 1. The third-order valence-corrected chi connectivity index (χ3v) is 5.95. The Morgan fingerprint density at radius 3 is 2.57 bits per heavy atom. The number of hydrogen-bond acceptors (Lipinski definition) is 6. The fourth-order valence-electron chi connectivity index (χ4n) is 4.21. The van der Waals surface area contributed by atoms with Crippen molar-refractivity contribution in [2.45, 2.75) is 19.9 Å². The molecule has 1 aromatic heterocycles. The summed E-state index contributed by atoms with van der Waals surface area (Å²) in [5.41, 5.74) is 4.36. The highest BCUT2D eigenvalue weighted by Crippen LogP contribution is 2.38. The number of aromatic nitrogens is 3. The van der Waals surface area contributed by atoms with Crippen LogP contribution in [0.1, 0.15) is 24.1 Å². The van der Waals surface area contributed by atoms with Crippen LogP contribution in [0.15, 0.2) is 84.1 Å². The Labute approximate surface area is 202 Å². The van der Waals surface area contributed by atoms with Gasteiger partial charge in [-0.3, -0.25) is 4.79 Å². The van der Waals surface area contributed by atoms with E-state index in [1.165, 1.54) is 0 Å². The van der Waals surface area contributed by atoms with Gasteiger partial charge in [0.2, 0.25) is 5.95 Å². The van der Waals surface area contributed by atoms with Crippen LogP contribution in [0.5, 0.6) is 11.5 Å². The van der Waals surface area contributed by atoms with Gasteiger partial charge < -0.3 is 20.5 Å². The zero-order chi connectivity index (χ0) is 24.5. The molecule has 4 aromatic rings. The van der Waals surface area contributed by atoms with Crippen LogP contribution in [0.4, 0.5) is 11.6 Å². The monoisotopic (exact) mass is 467 g/mol. The van der Waals surface area contributed by atoms with Gasteiger partial charge >= 0.3 is 0 Å².